The van der Waals surface area contributed by atoms with Gasteiger partial charge in [-0.15, -0.1) is 0 Å². The van der Waals surface area contributed by atoms with Crippen LogP contribution < -0.4 is 0 Å². The van der Waals surface area contributed by atoms with Gasteiger partial charge >= 0.3 is 11.9 Å². The molecule has 0 aromatic rings. The Morgan fingerprint density at radius 2 is 1.67 bits per heavy atom. The highest BCUT2D eigenvalue weighted by Gasteiger charge is 2.41. The molecule has 5 unspecified atom stereocenters. The zero-order valence-electron chi connectivity index (χ0n) is 12.0. The van der Waals surface area contributed by atoms with Crippen molar-refractivity contribution in [2.75, 3.05) is 26.4 Å². The largest absolute Gasteiger partial charge is 0.463 e. The molecule has 2 aliphatic heterocycles. The van der Waals surface area contributed by atoms with Gasteiger partial charge in [0.1, 0.15) is 25.4 Å². The molecule has 0 aromatic carbocycles. The number of epoxide rings is 2. The summed E-state index contributed by atoms with van der Waals surface area (Å²) in [6.07, 6.45) is 4.50. The average Bonchev–Trinajstić information content (AvgIpc) is 3.36. The number of carbonyl (C=O) groups excluding carboxylic acids is 2. The summed E-state index contributed by atoms with van der Waals surface area (Å²) in [5, 5.41) is 0. The van der Waals surface area contributed by atoms with Crippen molar-refractivity contribution in [1.82, 2.24) is 0 Å². The summed E-state index contributed by atoms with van der Waals surface area (Å²) in [5.74, 6) is -1.72. The summed E-state index contributed by atoms with van der Waals surface area (Å²) in [6, 6.07) is 0. The number of hydrogen-bond donors (Lipinski definition) is 0. The fourth-order valence-corrected chi connectivity index (χ4v) is 2.54. The normalized spacial score (nSPS) is 36.9. The minimum absolute atomic E-state index is 0.0244. The predicted molar refractivity (Wildman–Crippen MR) is 71.3 cm³/mol. The van der Waals surface area contributed by atoms with E-state index in [1.54, 1.807) is 6.08 Å². The van der Waals surface area contributed by atoms with Gasteiger partial charge in [-0.05, 0) is 12.3 Å². The summed E-state index contributed by atoms with van der Waals surface area (Å²) in [6.45, 7) is 3.75. The zero-order valence-corrected chi connectivity index (χ0v) is 12.0. The van der Waals surface area contributed by atoms with Gasteiger partial charge in [-0.25, -0.2) is 0 Å². The summed E-state index contributed by atoms with van der Waals surface area (Å²) >= 11 is 0. The van der Waals surface area contributed by atoms with Crippen molar-refractivity contribution >= 4 is 11.9 Å². The molecule has 116 valence electrons. The minimum Gasteiger partial charge on any atom is -0.463 e. The molecule has 0 N–H and O–H groups in total. The van der Waals surface area contributed by atoms with Crippen LogP contribution in [-0.2, 0) is 28.5 Å². The SMILES string of the molecule is CC1CC=CC(C(=O)OCC2CO2)C1C(=O)OCC1CO1. The Kier molecular flexibility index (Phi) is 4.26. The van der Waals surface area contributed by atoms with E-state index in [0.717, 1.165) is 6.42 Å². The van der Waals surface area contributed by atoms with Crippen LogP contribution in [-0.4, -0.2) is 50.6 Å². The van der Waals surface area contributed by atoms with E-state index in [1.165, 1.54) is 0 Å². The van der Waals surface area contributed by atoms with Crippen LogP contribution in [0.3, 0.4) is 0 Å². The molecular weight excluding hydrogens is 276 g/mol. The number of esters is 2. The molecule has 0 radical (unpaired) electrons. The molecule has 0 aromatic heterocycles. The third-order valence-corrected chi connectivity index (χ3v) is 4.02. The van der Waals surface area contributed by atoms with Crippen molar-refractivity contribution in [2.24, 2.45) is 17.8 Å². The van der Waals surface area contributed by atoms with Crippen molar-refractivity contribution in [1.29, 1.82) is 0 Å². The molecule has 0 spiro atoms. The Labute approximate surface area is 123 Å². The molecule has 0 saturated carbocycles. The standard InChI is InChI=1S/C15H20O6/c1-9-3-2-4-12(14(16)20-7-10-5-18-10)13(9)15(17)21-8-11-6-19-11/h2,4,9-13H,3,5-8H2,1H3. The summed E-state index contributed by atoms with van der Waals surface area (Å²) in [5.41, 5.74) is 0. The van der Waals surface area contributed by atoms with Crippen LogP contribution in [0, 0.1) is 17.8 Å². The van der Waals surface area contributed by atoms with Crippen molar-refractivity contribution in [3.05, 3.63) is 12.2 Å². The Morgan fingerprint density at radius 1 is 1.10 bits per heavy atom. The Hall–Kier alpha value is -1.40. The number of carbonyl (C=O) groups is 2. The molecule has 2 heterocycles. The van der Waals surface area contributed by atoms with Crippen LogP contribution in [0.2, 0.25) is 0 Å². The Bertz CT molecular complexity index is 437. The number of hydrogen-bond acceptors (Lipinski definition) is 6. The van der Waals surface area contributed by atoms with E-state index in [4.69, 9.17) is 18.9 Å². The maximum Gasteiger partial charge on any atom is 0.313 e. The van der Waals surface area contributed by atoms with E-state index in [1.807, 2.05) is 13.0 Å². The van der Waals surface area contributed by atoms with E-state index in [-0.39, 0.29) is 43.3 Å². The lowest BCUT2D eigenvalue weighted by atomic mass is 9.76. The van der Waals surface area contributed by atoms with Gasteiger partial charge in [-0.3, -0.25) is 9.59 Å². The van der Waals surface area contributed by atoms with E-state index < -0.39 is 11.8 Å². The fourth-order valence-electron chi connectivity index (χ4n) is 2.54. The van der Waals surface area contributed by atoms with E-state index >= 15 is 0 Å². The second-order valence-corrected chi connectivity index (χ2v) is 5.86. The maximum absolute atomic E-state index is 12.3. The smallest absolute Gasteiger partial charge is 0.313 e. The summed E-state index contributed by atoms with van der Waals surface area (Å²) in [7, 11) is 0. The molecule has 2 saturated heterocycles. The highest BCUT2D eigenvalue weighted by molar-refractivity contribution is 5.84. The molecule has 1 aliphatic carbocycles. The molecule has 6 heteroatoms. The molecule has 3 aliphatic rings. The van der Waals surface area contributed by atoms with Crippen molar-refractivity contribution in [3.63, 3.8) is 0 Å². The molecule has 2 fully saturated rings. The fraction of sp³-hybridized carbons (Fsp3) is 0.733. The average molecular weight is 296 g/mol. The second kappa shape index (κ2) is 6.15. The third-order valence-electron chi connectivity index (χ3n) is 4.02. The number of rotatable bonds is 6. The van der Waals surface area contributed by atoms with Crippen LogP contribution in [0.1, 0.15) is 13.3 Å². The van der Waals surface area contributed by atoms with Crippen LogP contribution in [0.4, 0.5) is 0 Å². The van der Waals surface area contributed by atoms with Crippen LogP contribution >= 0.6 is 0 Å². The van der Waals surface area contributed by atoms with Gasteiger partial charge in [0.25, 0.3) is 0 Å². The lowest BCUT2D eigenvalue weighted by Crippen LogP contribution is -2.38. The monoisotopic (exact) mass is 296 g/mol. The summed E-state index contributed by atoms with van der Waals surface area (Å²) in [4.78, 5) is 24.4. The topological polar surface area (TPSA) is 77.7 Å². The van der Waals surface area contributed by atoms with Gasteiger partial charge in [-0.2, -0.15) is 0 Å². The Balaban J connectivity index is 1.59. The minimum atomic E-state index is -0.569. The predicted octanol–water partition coefficient (Wildman–Crippen LogP) is 0.699. The van der Waals surface area contributed by atoms with Gasteiger partial charge in [0, 0.05) is 0 Å². The van der Waals surface area contributed by atoms with Crippen LogP contribution in [0.15, 0.2) is 12.2 Å². The van der Waals surface area contributed by atoms with Gasteiger partial charge in [0.05, 0.1) is 25.0 Å². The molecule has 21 heavy (non-hydrogen) atoms. The first-order valence-electron chi connectivity index (χ1n) is 7.38. The quantitative estimate of drug-likeness (QED) is 0.408. The zero-order chi connectivity index (χ0) is 14.8. The molecule has 6 nitrogen and oxygen atoms in total. The first-order valence-corrected chi connectivity index (χ1v) is 7.38. The van der Waals surface area contributed by atoms with Crippen molar-refractivity contribution in [2.45, 2.75) is 25.6 Å². The van der Waals surface area contributed by atoms with Crippen LogP contribution in [0.25, 0.3) is 0 Å². The first kappa shape index (κ1) is 14.5. The first-order chi connectivity index (χ1) is 10.1. The van der Waals surface area contributed by atoms with E-state index in [2.05, 4.69) is 0 Å². The molecule has 5 atom stereocenters. The van der Waals surface area contributed by atoms with Gasteiger partial charge in [0.2, 0.25) is 0 Å². The molecule has 0 amide bonds. The Morgan fingerprint density at radius 3 is 2.24 bits per heavy atom. The molecule has 3 rings (SSSR count). The van der Waals surface area contributed by atoms with Crippen molar-refractivity contribution < 1.29 is 28.5 Å². The molecular formula is C15H20O6. The van der Waals surface area contributed by atoms with E-state index in [0.29, 0.717) is 13.2 Å². The second-order valence-electron chi connectivity index (χ2n) is 5.86. The highest BCUT2D eigenvalue weighted by atomic mass is 16.6. The number of allylic oxidation sites excluding steroid dienone is 1. The summed E-state index contributed by atoms with van der Waals surface area (Å²) < 4.78 is 20.5. The van der Waals surface area contributed by atoms with Crippen LogP contribution in [0.5, 0.6) is 0 Å². The lowest BCUT2D eigenvalue weighted by molar-refractivity contribution is -0.161. The van der Waals surface area contributed by atoms with Crippen molar-refractivity contribution in [3.8, 4) is 0 Å². The lowest BCUT2D eigenvalue weighted by Gasteiger charge is -2.29. The van der Waals surface area contributed by atoms with Gasteiger partial charge in [0.15, 0.2) is 0 Å². The van der Waals surface area contributed by atoms with E-state index in [9.17, 15) is 9.59 Å². The molecule has 0 bridgehead atoms. The third kappa shape index (κ3) is 3.83. The highest BCUT2D eigenvalue weighted by Crippen LogP contribution is 2.32. The maximum atomic E-state index is 12.3. The van der Waals surface area contributed by atoms with Gasteiger partial charge < -0.3 is 18.9 Å². The van der Waals surface area contributed by atoms with Gasteiger partial charge in [-0.1, -0.05) is 19.1 Å². The number of ether oxygens (including phenoxy) is 4.